The number of ether oxygens (including phenoxy) is 1. The molecule has 0 heterocycles. The number of carbonyl (C=O) groups excluding carboxylic acids is 3. The quantitative estimate of drug-likeness (QED) is 0.305. The third-order valence-electron chi connectivity index (χ3n) is 6.60. The zero-order valence-electron chi connectivity index (χ0n) is 25.4. The number of aryl methyl sites for hydroxylation is 1. The highest BCUT2D eigenvalue weighted by molar-refractivity contribution is 5.92. The second-order valence-corrected chi connectivity index (χ2v) is 12.3. The molecule has 3 unspecified atom stereocenters. The van der Waals surface area contributed by atoms with Gasteiger partial charge in [0.25, 0.3) is 0 Å². The number of nitrogens with one attached hydrogen (secondary N) is 2. The lowest BCUT2D eigenvalue weighted by Crippen LogP contribution is -2.60. The molecule has 3 N–H and O–H groups in total. The van der Waals surface area contributed by atoms with Gasteiger partial charge in [0.2, 0.25) is 11.8 Å². The Morgan fingerprint density at radius 3 is 2.11 bits per heavy atom. The van der Waals surface area contributed by atoms with Crippen molar-refractivity contribution < 1.29 is 24.2 Å². The number of amides is 3. The number of carbonyl (C=O) groups is 3. The van der Waals surface area contributed by atoms with Crippen LogP contribution in [0.2, 0.25) is 0 Å². The molecule has 216 valence electrons. The van der Waals surface area contributed by atoms with Crippen LogP contribution in [-0.4, -0.2) is 51.1 Å². The molecule has 0 aliphatic rings. The maximum atomic E-state index is 14.4. The number of nitrogens with zero attached hydrogens (tertiary/aromatic N) is 1. The number of phenolic OH excluding ortho intramolecular Hbond substituents is 1. The van der Waals surface area contributed by atoms with Crippen molar-refractivity contribution in [2.75, 3.05) is 0 Å². The van der Waals surface area contributed by atoms with Crippen molar-refractivity contribution in [3.63, 3.8) is 0 Å². The van der Waals surface area contributed by atoms with E-state index < -0.39 is 29.3 Å². The summed E-state index contributed by atoms with van der Waals surface area (Å²) in [7, 11) is 0. The Hall–Kier alpha value is -2.77. The lowest BCUT2D eigenvalue weighted by molar-refractivity contribution is -0.150. The third kappa shape index (κ3) is 9.84. The van der Waals surface area contributed by atoms with Crippen LogP contribution in [0.1, 0.15) is 112 Å². The molecule has 1 rings (SSSR count). The van der Waals surface area contributed by atoms with E-state index in [-0.39, 0.29) is 29.5 Å². The van der Waals surface area contributed by atoms with Crippen LogP contribution in [-0.2, 0) is 14.3 Å². The van der Waals surface area contributed by atoms with Crippen LogP contribution in [0.25, 0.3) is 0 Å². The summed E-state index contributed by atoms with van der Waals surface area (Å²) in [5, 5.41) is 16.0. The first-order valence-corrected chi connectivity index (χ1v) is 13.9. The molecule has 0 radical (unpaired) electrons. The molecule has 0 bridgehead atoms. The summed E-state index contributed by atoms with van der Waals surface area (Å²) >= 11 is 0. The highest BCUT2D eigenvalue weighted by Gasteiger charge is 2.43. The van der Waals surface area contributed by atoms with Crippen LogP contribution >= 0.6 is 0 Å². The SMILES string of the molecule is CCCC(C)NC(=O)C(c1ccc(O)c(C)c1)N(C(=O)C(CC(C)C)NC(=O)OC(C)(C)C)C(C)(C)CC. The highest BCUT2D eigenvalue weighted by atomic mass is 16.6. The van der Waals surface area contributed by atoms with Crippen LogP contribution in [0.5, 0.6) is 5.75 Å². The van der Waals surface area contributed by atoms with Gasteiger partial charge in [0, 0.05) is 11.6 Å². The van der Waals surface area contributed by atoms with Crippen LogP contribution in [0, 0.1) is 12.8 Å². The Labute approximate surface area is 229 Å². The van der Waals surface area contributed by atoms with E-state index in [2.05, 4.69) is 17.6 Å². The smallest absolute Gasteiger partial charge is 0.408 e. The van der Waals surface area contributed by atoms with Gasteiger partial charge in [-0.05, 0) is 96.9 Å². The third-order valence-corrected chi connectivity index (χ3v) is 6.60. The van der Waals surface area contributed by atoms with Gasteiger partial charge in [-0.3, -0.25) is 9.59 Å². The molecule has 0 fully saturated rings. The van der Waals surface area contributed by atoms with E-state index in [9.17, 15) is 19.5 Å². The molecule has 0 aliphatic heterocycles. The summed E-state index contributed by atoms with van der Waals surface area (Å²) in [4.78, 5) is 42.7. The monoisotopic (exact) mass is 533 g/mol. The minimum atomic E-state index is -0.967. The molecule has 1 aromatic rings. The van der Waals surface area contributed by atoms with E-state index in [0.717, 1.165) is 12.8 Å². The van der Waals surface area contributed by atoms with Crippen molar-refractivity contribution >= 4 is 17.9 Å². The second kappa shape index (κ2) is 13.9. The van der Waals surface area contributed by atoms with E-state index in [0.29, 0.717) is 24.0 Å². The first-order chi connectivity index (χ1) is 17.4. The lowest BCUT2D eigenvalue weighted by Gasteiger charge is -2.45. The first-order valence-electron chi connectivity index (χ1n) is 13.9. The van der Waals surface area contributed by atoms with Gasteiger partial charge in [-0.2, -0.15) is 0 Å². The van der Waals surface area contributed by atoms with Crippen molar-refractivity contribution in [3.05, 3.63) is 29.3 Å². The topological polar surface area (TPSA) is 108 Å². The Bertz CT molecular complexity index is 952. The van der Waals surface area contributed by atoms with Gasteiger partial charge in [0.15, 0.2) is 0 Å². The molecule has 0 aromatic heterocycles. The van der Waals surface area contributed by atoms with Gasteiger partial charge in [-0.25, -0.2) is 4.79 Å². The van der Waals surface area contributed by atoms with Crippen LogP contribution in [0.3, 0.4) is 0 Å². The summed E-state index contributed by atoms with van der Waals surface area (Å²) in [6.45, 7) is 20.8. The second-order valence-electron chi connectivity index (χ2n) is 12.3. The maximum absolute atomic E-state index is 14.4. The number of alkyl carbamates (subject to hydrolysis) is 1. The molecule has 1 aromatic carbocycles. The fraction of sp³-hybridized carbons (Fsp3) is 0.700. The van der Waals surface area contributed by atoms with E-state index in [1.165, 1.54) is 0 Å². The molecule has 0 aliphatic carbocycles. The number of hydrogen-bond donors (Lipinski definition) is 3. The van der Waals surface area contributed by atoms with E-state index >= 15 is 0 Å². The van der Waals surface area contributed by atoms with Crippen molar-refractivity contribution in [2.24, 2.45) is 5.92 Å². The molecule has 0 saturated heterocycles. The van der Waals surface area contributed by atoms with Crippen molar-refractivity contribution in [1.82, 2.24) is 15.5 Å². The number of aromatic hydroxyl groups is 1. The molecule has 3 atom stereocenters. The summed E-state index contributed by atoms with van der Waals surface area (Å²) in [5.41, 5.74) is -0.255. The van der Waals surface area contributed by atoms with Gasteiger partial charge >= 0.3 is 6.09 Å². The molecule has 0 saturated carbocycles. The van der Waals surface area contributed by atoms with Crippen LogP contribution < -0.4 is 10.6 Å². The fourth-order valence-corrected chi connectivity index (χ4v) is 4.35. The summed E-state index contributed by atoms with van der Waals surface area (Å²) in [5.74, 6) is -0.445. The molecule has 38 heavy (non-hydrogen) atoms. The zero-order valence-corrected chi connectivity index (χ0v) is 25.4. The standard InChI is InChI=1S/C30H51N3O5/c1-12-14-21(6)31-26(35)25(22-15-16-24(34)20(5)18-22)33(30(10,11)13-2)27(36)23(17-19(3)4)32-28(37)38-29(7,8)9/h15-16,18-19,21,23,25,34H,12-14,17H2,1-11H3,(H,31,35)(H,32,37). The maximum Gasteiger partial charge on any atom is 0.408 e. The summed E-state index contributed by atoms with van der Waals surface area (Å²) in [6, 6.07) is 3.04. The van der Waals surface area contributed by atoms with Gasteiger partial charge in [0.1, 0.15) is 23.4 Å². The Kier molecular flexibility index (Phi) is 12.1. The molecule has 8 heteroatoms. The highest BCUT2D eigenvalue weighted by Crippen LogP contribution is 2.34. The Balaban J connectivity index is 3.70. The first kappa shape index (κ1) is 33.3. The van der Waals surface area contributed by atoms with E-state index in [1.807, 2.05) is 41.5 Å². The largest absolute Gasteiger partial charge is 0.508 e. The Morgan fingerprint density at radius 1 is 1.03 bits per heavy atom. The van der Waals surface area contributed by atoms with Crippen molar-refractivity contribution in [1.29, 1.82) is 0 Å². The van der Waals surface area contributed by atoms with E-state index in [4.69, 9.17) is 4.74 Å². The predicted molar refractivity (Wildman–Crippen MR) is 152 cm³/mol. The molecular formula is C30H51N3O5. The summed E-state index contributed by atoms with van der Waals surface area (Å²) < 4.78 is 5.46. The average molecular weight is 534 g/mol. The average Bonchev–Trinajstić information content (AvgIpc) is 2.76. The van der Waals surface area contributed by atoms with E-state index in [1.54, 1.807) is 50.8 Å². The van der Waals surface area contributed by atoms with Gasteiger partial charge < -0.3 is 25.4 Å². The lowest BCUT2D eigenvalue weighted by atomic mass is 9.90. The number of benzene rings is 1. The molecular weight excluding hydrogens is 482 g/mol. The zero-order chi connectivity index (χ0) is 29.4. The normalized spacial score (nSPS) is 14.4. The van der Waals surface area contributed by atoms with Crippen molar-refractivity contribution in [2.45, 2.75) is 131 Å². The van der Waals surface area contributed by atoms with Gasteiger partial charge in [0.05, 0.1) is 0 Å². The van der Waals surface area contributed by atoms with Crippen molar-refractivity contribution in [3.8, 4) is 5.75 Å². The van der Waals surface area contributed by atoms with Gasteiger partial charge in [-0.1, -0.05) is 40.2 Å². The minimum absolute atomic E-state index is 0.0822. The Morgan fingerprint density at radius 2 is 1.63 bits per heavy atom. The fourth-order valence-electron chi connectivity index (χ4n) is 4.35. The minimum Gasteiger partial charge on any atom is -0.508 e. The number of phenols is 1. The summed E-state index contributed by atoms with van der Waals surface area (Å²) in [6.07, 6.45) is 1.98. The molecule has 3 amide bonds. The molecule has 0 spiro atoms. The van der Waals surface area contributed by atoms with Crippen LogP contribution in [0.4, 0.5) is 4.79 Å². The van der Waals surface area contributed by atoms with Crippen LogP contribution in [0.15, 0.2) is 18.2 Å². The molecule has 8 nitrogen and oxygen atoms in total. The number of hydrogen-bond acceptors (Lipinski definition) is 5. The number of rotatable bonds is 12. The predicted octanol–water partition coefficient (Wildman–Crippen LogP) is 6.00. The van der Waals surface area contributed by atoms with Gasteiger partial charge in [-0.15, -0.1) is 0 Å².